The summed E-state index contributed by atoms with van der Waals surface area (Å²) in [5.74, 6) is 2.45. The van der Waals surface area contributed by atoms with Crippen LogP contribution in [-0.4, -0.2) is 20.8 Å². The summed E-state index contributed by atoms with van der Waals surface area (Å²) in [7, 11) is 3.50. The molecule has 3 nitrogen and oxygen atoms in total. The Morgan fingerprint density at radius 2 is 1.81 bits per heavy atom. The summed E-state index contributed by atoms with van der Waals surface area (Å²) < 4.78 is 11.2. The van der Waals surface area contributed by atoms with Crippen LogP contribution in [0.5, 0.6) is 11.5 Å². The van der Waals surface area contributed by atoms with Crippen LogP contribution in [0.25, 0.3) is 10.8 Å². The number of hydrogen-bond donors (Lipinski definition) is 1. The molecule has 0 aliphatic heterocycles. The summed E-state index contributed by atoms with van der Waals surface area (Å²) >= 11 is 0. The van der Waals surface area contributed by atoms with Crippen LogP contribution in [0.1, 0.15) is 36.3 Å². The molecule has 0 amide bonds. The average molecular weight is 285 g/mol. The topological polar surface area (TPSA) is 44.5 Å². The minimum absolute atomic E-state index is 0.474. The van der Waals surface area contributed by atoms with Gasteiger partial charge in [0.25, 0.3) is 0 Å². The molecular formula is C18H23NO2. The van der Waals surface area contributed by atoms with E-state index in [0.29, 0.717) is 12.5 Å². The maximum atomic E-state index is 5.84. The predicted octanol–water partition coefficient (Wildman–Crippen LogP) is 3.63. The van der Waals surface area contributed by atoms with E-state index in [1.807, 2.05) is 0 Å². The van der Waals surface area contributed by atoms with E-state index in [0.717, 1.165) is 37.2 Å². The van der Waals surface area contributed by atoms with Crippen molar-refractivity contribution >= 4 is 10.8 Å². The molecule has 3 heteroatoms. The highest BCUT2D eigenvalue weighted by atomic mass is 16.5. The number of aryl methyl sites for hydroxylation is 1. The van der Waals surface area contributed by atoms with E-state index < -0.39 is 0 Å². The van der Waals surface area contributed by atoms with Gasteiger partial charge in [-0.3, -0.25) is 0 Å². The first-order valence-electron chi connectivity index (χ1n) is 7.66. The molecule has 0 aromatic heterocycles. The molecule has 0 radical (unpaired) electrons. The number of benzene rings is 2. The lowest BCUT2D eigenvalue weighted by Crippen LogP contribution is -2.08. The van der Waals surface area contributed by atoms with Crippen LogP contribution in [0, 0.1) is 0 Å². The molecule has 1 unspecified atom stereocenters. The Bertz CT molecular complexity index is 646. The summed E-state index contributed by atoms with van der Waals surface area (Å²) in [4.78, 5) is 0. The predicted molar refractivity (Wildman–Crippen MR) is 86.4 cm³/mol. The highest BCUT2D eigenvalue weighted by Gasteiger charge is 2.25. The quantitative estimate of drug-likeness (QED) is 0.933. The van der Waals surface area contributed by atoms with E-state index in [-0.39, 0.29) is 0 Å². The Hall–Kier alpha value is -1.74. The first-order valence-corrected chi connectivity index (χ1v) is 7.66. The number of hydrogen-bond acceptors (Lipinski definition) is 3. The molecule has 0 heterocycles. The standard InChI is InChI=1S/C18H23NO2/c1-20-15-8-6-13-7-9-16(21-2)18-12(10-11-19)4-3-5-14(15)17(13)18/h6-9,12H,3-5,10-11,19H2,1-2H3. The maximum absolute atomic E-state index is 5.84. The maximum Gasteiger partial charge on any atom is 0.122 e. The molecule has 2 aromatic rings. The van der Waals surface area contributed by atoms with Gasteiger partial charge in [0, 0.05) is 11.1 Å². The molecule has 1 aliphatic rings. The zero-order valence-corrected chi connectivity index (χ0v) is 12.8. The van der Waals surface area contributed by atoms with Crippen molar-refractivity contribution in [2.75, 3.05) is 20.8 Å². The smallest absolute Gasteiger partial charge is 0.122 e. The SMILES string of the molecule is COc1ccc2ccc(OC)c3c2c1CCCC3CCN. The van der Waals surface area contributed by atoms with Gasteiger partial charge in [0.2, 0.25) is 0 Å². The fraction of sp³-hybridized carbons (Fsp3) is 0.444. The second kappa shape index (κ2) is 5.94. The summed E-state index contributed by atoms with van der Waals surface area (Å²) in [5, 5.41) is 2.59. The summed E-state index contributed by atoms with van der Waals surface area (Å²) in [6.45, 7) is 0.712. The van der Waals surface area contributed by atoms with Gasteiger partial charge >= 0.3 is 0 Å². The number of rotatable bonds is 4. The van der Waals surface area contributed by atoms with E-state index in [4.69, 9.17) is 15.2 Å². The molecule has 3 rings (SSSR count). The molecular weight excluding hydrogens is 262 g/mol. The van der Waals surface area contributed by atoms with Gasteiger partial charge < -0.3 is 15.2 Å². The summed E-state index contributed by atoms with van der Waals surface area (Å²) in [5.41, 5.74) is 8.49. The van der Waals surface area contributed by atoms with E-state index in [1.54, 1.807) is 14.2 Å². The molecule has 112 valence electrons. The zero-order chi connectivity index (χ0) is 14.8. The Labute approximate surface area is 126 Å². The fourth-order valence-corrected chi connectivity index (χ4v) is 3.66. The third-order valence-corrected chi connectivity index (χ3v) is 4.59. The molecule has 1 atom stereocenters. The average Bonchev–Trinajstić information content (AvgIpc) is 2.70. The van der Waals surface area contributed by atoms with Gasteiger partial charge in [0.05, 0.1) is 14.2 Å². The van der Waals surface area contributed by atoms with Gasteiger partial charge in [0.15, 0.2) is 0 Å². The molecule has 0 saturated carbocycles. The van der Waals surface area contributed by atoms with Gasteiger partial charge in [-0.2, -0.15) is 0 Å². The third-order valence-electron chi connectivity index (χ3n) is 4.59. The largest absolute Gasteiger partial charge is 0.496 e. The summed E-state index contributed by atoms with van der Waals surface area (Å²) in [6, 6.07) is 8.46. The second-order valence-corrected chi connectivity index (χ2v) is 5.69. The third kappa shape index (κ3) is 2.36. The monoisotopic (exact) mass is 285 g/mol. The Morgan fingerprint density at radius 1 is 1.10 bits per heavy atom. The van der Waals surface area contributed by atoms with Crippen molar-refractivity contribution < 1.29 is 9.47 Å². The normalized spacial score (nSPS) is 17.6. The second-order valence-electron chi connectivity index (χ2n) is 5.69. The van der Waals surface area contributed by atoms with Crippen molar-refractivity contribution in [2.45, 2.75) is 31.6 Å². The van der Waals surface area contributed by atoms with E-state index in [1.165, 1.54) is 21.9 Å². The molecule has 0 spiro atoms. The molecule has 21 heavy (non-hydrogen) atoms. The van der Waals surface area contributed by atoms with Crippen molar-refractivity contribution in [3.05, 3.63) is 35.4 Å². The van der Waals surface area contributed by atoms with E-state index in [9.17, 15) is 0 Å². The van der Waals surface area contributed by atoms with Gasteiger partial charge in [-0.05, 0) is 61.1 Å². The lowest BCUT2D eigenvalue weighted by atomic mass is 9.88. The van der Waals surface area contributed by atoms with Gasteiger partial charge in [0.1, 0.15) is 11.5 Å². The lowest BCUT2D eigenvalue weighted by Gasteiger charge is -2.20. The van der Waals surface area contributed by atoms with Crippen LogP contribution < -0.4 is 15.2 Å². The van der Waals surface area contributed by atoms with Gasteiger partial charge in [-0.25, -0.2) is 0 Å². The van der Waals surface area contributed by atoms with Crippen molar-refractivity contribution in [1.29, 1.82) is 0 Å². The van der Waals surface area contributed by atoms with Gasteiger partial charge in [-0.15, -0.1) is 0 Å². The first kappa shape index (κ1) is 14.2. The highest BCUT2D eigenvalue weighted by Crippen LogP contribution is 2.44. The van der Waals surface area contributed by atoms with Crippen LogP contribution in [0.3, 0.4) is 0 Å². The van der Waals surface area contributed by atoms with Crippen molar-refractivity contribution in [2.24, 2.45) is 5.73 Å². The van der Waals surface area contributed by atoms with Crippen molar-refractivity contribution in [1.82, 2.24) is 0 Å². The molecule has 1 aliphatic carbocycles. The molecule has 0 bridgehead atoms. The van der Waals surface area contributed by atoms with E-state index >= 15 is 0 Å². The summed E-state index contributed by atoms with van der Waals surface area (Å²) in [6.07, 6.45) is 4.39. The number of methoxy groups -OCH3 is 2. The van der Waals surface area contributed by atoms with Crippen LogP contribution >= 0.6 is 0 Å². The number of nitrogens with two attached hydrogens (primary N) is 1. The van der Waals surface area contributed by atoms with E-state index in [2.05, 4.69) is 24.3 Å². The van der Waals surface area contributed by atoms with Gasteiger partial charge in [-0.1, -0.05) is 12.1 Å². The minimum atomic E-state index is 0.474. The lowest BCUT2D eigenvalue weighted by molar-refractivity contribution is 0.403. The zero-order valence-electron chi connectivity index (χ0n) is 12.8. The molecule has 2 N–H and O–H groups in total. The first-order chi connectivity index (χ1) is 10.3. The Morgan fingerprint density at radius 3 is 2.48 bits per heavy atom. The van der Waals surface area contributed by atoms with Crippen LogP contribution in [-0.2, 0) is 6.42 Å². The molecule has 0 fully saturated rings. The molecule has 0 saturated heterocycles. The fourth-order valence-electron chi connectivity index (χ4n) is 3.66. The van der Waals surface area contributed by atoms with Crippen molar-refractivity contribution in [3.8, 4) is 11.5 Å². The minimum Gasteiger partial charge on any atom is -0.496 e. The van der Waals surface area contributed by atoms with Crippen LogP contribution in [0.4, 0.5) is 0 Å². The van der Waals surface area contributed by atoms with Crippen LogP contribution in [0.2, 0.25) is 0 Å². The molecule has 2 aromatic carbocycles. The Balaban J connectivity index is 2.34. The highest BCUT2D eigenvalue weighted by molar-refractivity contribution is 5.93. The van der Waals surface area contributed by atoms with Crippen molar-refractivity contribution in [3.63, 3.8) is 0 Å². The Kier molecular flexibility index (Phi) is 4.02. The number of ether oxygens (including phenoxy) is 2. The van der Waals surface area contributed by atoms with Crippen LogP contribution in [0.15, 0.2) is 24.3 Å².